The van der Waals surface area contributed by atoms with Crippen LogP contribution in [0.4, 0.5) is 0 Å². The summed E-state index contributed by atoms with van der Waals surface area (Å²) in [5.74, 6) is 0. The zero-order valence-corrected chi connectivity index (χ0v) is 8.98. The van der Waals surface area contributed by atoms with Crippen LogP contribution in [-0.2, 0) is 14.5 Å². The molecule has 0 aromatic rings. The van der Waals surface area contributed by atoms with E-state index in [1.54, 1.807) is 0 Å². The first-order valence-corrected chi connectivity index (χ1v) is 6.20. The molecule has 0 saturated heterocycles. The quantitative estimate of drug-likeness (QED) is 0.500. The number of hydrogen-bond acceptors (Lipinski definition) is 3. The van der Waals surface area contributed by atoms with E-state index in [0.717, 1.165) is 19.3 Å². The molecule has 0 spiro atoms. The van der Waals surface area contributed by atoms with Gasteiger partial charge in [0, 0.05) is 0 Å². The van der Waals surface area contributed by atoms with Gasteiger partial charge < -0.3 is 0 Å². The minimum atomic E-state index is -3.72. The third-order valence-corrected chi connectivity index (χ3v) is 2.24. The summed E-state index contributed by atoms with van der Waals surface area (Å²) in [5.41, 5.74) is 0. The summed E-state index contributed by atoms with van der Waals surface area (Å²) in [6.07, 6.45) is 6.59. The van der Waals surface area contributed by atoms with Gasteiger partial charge in [0.05, 0.1) is 6.61 Å². The summed E-state index contributed by atoms with van der Waals surface area (Å²) in [6, 6.07) is 0. The van der Waals surface area contributed by atoms with Crippen LogP contribution in [0.15, 0.2) is 0 Å². The molecule has 0 aromatic heterocycles. The molecule has 0 aliphatic rings. The second kappa shape index (κ2) is 10.4. The number of unbranched alkanes of at least 4 members (excludes halogenated alkanes) is 5. The molecule has 0 aliphatic heterocycles. The Bertz CT molecular complexity index is 207. The molecule has 0 bridgehead atoms. The summed E-state index contributed by atoms with van der Waals surface area (Å²) in [4.78, 5) is 0. The van der Waals surface area contributed by atoms with Gasteiger partial charge in [0.2, 0.25) is 0 Å². The van der Waals surface area contributed by atoms with E-state index in [4.69, 9.17) is 0 Å². The summed E-state index contributed by atoms with van der Waals surface area (Å²) in [7, 11) is -3.72. The van der Waals surface area contributed by atoms with Gasteiger partial charge in [-0.1, -0.05) is 39.0 Å². The fraction of sp³-hybridized carbons (Fsp3) is 1.00. The molecule has 0 unspecified atom stereocenters. The van der Waals surface area contributed by atoms with Crippen molar-refractivity contribution < 1.29 is 12.6 Å². The SMILES string of the molecule is CCCCCCCCOS(N)(=O)=O.[NaH]. The van der Waals surface area contributed by atoms with Crippen molar-refractivity contribution in [2.24, 2.45) is 5.14 Å². The van der Waals surface area contributed by atoms with Crippen molar-refractivity contribution in [3.05, 3.63) is 0 Å². The van der Waals surface area contributed by atoms with Gasteiger partial charge >= 0.3 is 39.9 Å². The van der Waals surface area contributed by atoms with E-state index in [2.05, 4.69) is 16.2 Å². The van der Waals surface area contributed by atoms with Crippen LogP contribution in [0, 0.1) is 0 Å². The van der Waals surface area contributed by atoms with Gasteiger partial charge in [-0.05, 0) is 6.42 Å². The van der Waals surface area contributed by atoms with Gasteiger partial charge in [-0.2, -0.15) is 8.42 Å². The van der Waals surface area contributed by atoms with Crippen LogP contribution >= 0.6 is 0 Å². The molecular weight excluding hydrogens is 213 g/mol. The monoisotopic (exact) mass is 233 g/mol. The molecule has 2 N–H and O–H groups in total. The first kappa shape index (κ1) is 17.3. The average molecular weight is 233 g/mol. The maximum absolute atomic E-state index is 10.3. The van der Waals surface area contributed by atoms with Crippen LogP contribution in [0.5, 0.6) is 0 Å². The maximum atomic E-state index is 10.3. The number of rotatable bonds is 8. The van der Waals surface area contributed by atoms with Crippen molar-refractivity contribution >= 4 is 39.9 Å². The fourth-order valence-electron chi connectivity index (χ4n) is 1.06. The first-order valence-electron chi connectivity index (χ1n) is 4.73. The molecule has 0 radical (unpaired) electrons. The Balaban J connectivity index is 0. The van der Waals surface area contributed by atoms with E-state index in [-0.39, 0.29) is 36.2 Å². The third kappa shape index (κ3) is 15.3. The average Bonchev–Trinajstić information content (AvgIpc) is 2.01. The topological polar surface area (TPSA) is 69.4 Å². The Morgan fingerprint density at radius 3 is 2.07 bits per heavy atom. The Morgan fingerprint density at radius 2 is 1.57 bits per heavy atom. The van der Waals surface area contributed by atoms with E-state index in [9.17, 15) is 8.42 Å². The van der Waals surface area contributed by atoms with Crippen molar-refractivity contribution in [1.82, 2.24) is 0 Å². The molecule has 0 fully saturated rings. The van der Waals surface area contributed by atoms with E-state index in [1.165, 1.54) is 19.3 Å². The molecule has 0 rings (SSSR count). The van der Waals surface area contributed by atoms with Crippen molar-refractivity contribution in [3.63, 3.8) is 0 Å². The van der Waals surface area contributed by atoms with E-state index in [1.807, 2.05) is 0 Å². The molecule has 0 atom stereocenters. The third-order valence-electron chi connectivity index (χ3n) is 1.75. The van der Waals surface area contributed by atoms with Crippen LogP contribution in [-0.4, -0.2) is 44.6 Å². The Hall–Kier alpha value is 0.870. The Labute approximate surface area is 109 Å². The predicted molar refractivity (Wildman–Crippen MR) is 59.6 cm³/mol. The van der Waals surface area contributed by atoms with E-state index in [0.29, 0.717) is 0 Å². The molecule has 4 nitrogen and oxygen atoms in total. The first-order chi connectivity index (χ1) is 6.06. The summed E-state index contributed by atoms with van der Waals surface area (Å²) in [5, 5.41) is 4.65. The molecule has 0 aliphatic carbocycles. The normalized spacial score (nSPS) is 11.0. The summed E-state index contributed by atoms with van der Waals surface area (Å²) < 4.78 is 25.0. The van der Waals surface area contributed by atoms with Gasteiger partial charge in [-0.25, -0.2) is 5.14 Å². The Morgan fingerprint density at radius 1 is 1.07 bits per heavy atom. The van der Waals surface area contributed by atoms with Crippen LogP contribution < -0.4 is 5.14 Å². The fourth-order valence-corrected chi connectivity index (χ4v) is 1.41. The number of hydrogen-bond donors (Lipinski definition) is 1. The summed E-state index contributed by atoms with van der Waals surface area (Å²) >= 11 is 0. The van der Waals surface area contributed by atoms with Gasteiger partial charge in [-0.3, -0.25) is 4.18 Å². The zero-order chi connectivity index (χ0) is 10.2. The van der Waals surface area contributed by atoms with Gasteiger partial charge in [0.1, 0.15) is 0 Å². The second-order valence-corrected chi connectivity index (χ2v) is 4.30. The van der Waals surface area contributed by atoms with Crippen LogP contribution in [0.3, 0.4) is 0 Å². The molecule has 14 heavy (non-hydrogen) atoms. The second-order valence-electron chi connectivity index (χ2n) is 3.08. The van der Waals surface area contributed by atoms with Crippen LogP contribution in [0.25, 0.3) is 0 Å². The van der Waals surface area contributed by atoms with Crippen molar-refractivity contribution in [1.29, 1.82) is 0 Å². The molecule has 0 aromatic carbocycles. The zero-order valence-electron chi connectivity index (χ0n) is 8.16. The van der Waals surface area contributed by atoms with Crippen LogP contribution in [0.2, 0.25) is 0 Å². The van der Waals surface area contributed by atoms with Gasteiger partial charge in [0.25, 0.3) is 0 Å². The molecule has 0 amide bonds. The summed E-state index contributed by atoms with van der Waals surface area (Å²) in [6.45, 7) is 2.37. The molecular formula is C8H20NNaO3S. The molecule has 6 heteroatoms. The Kier molecular flexibility index (Phi) is 12.8. The standard InChI is InChI=1S/C8H19NO3S.Na.H/c1-2-3-4-5-6-7-8-12-13(9,10)11;;/h2-8H2,1H3,(H2,9,10,11);;. The van der Waals surface area contributed by atoms with Crippen molar-refractivity contribution in [2.75, 3.05) is 6.61 Å². The molecule has 0 saturated carbocycles. The molecule has 0 heterocycles. The van der Waals surface area contributed by atoms with Crippen molar-refractivity contribution in [2.45, 2.75) is 45.4 Å². The predicted octanol–water partition coefficient (Wildman–Crippen LogP) is 0.919. The van der Waals surface area contributed by atoms with Crippen LogP contribution in [0.1, 0.15) is 45.4 Å². The van der Waals surface area contributed by atoms with E-state index < -0.39 is 10.3 Å². The molecule has 82 valence electrons. The van der Waals surface area contributed by atoms with E-state index >= 15 is 0 Å². The van der Waals surface area contributed by atoms with Gasteiger partial charge in [0.15, 0.2) is 0 Å². The minimum absolute atomic E-state index is 0. The van der Waals surface area contributed by atoms with Gasteiger partial charge in [-0.15, -0.1) is 0 Å². The van der Waals surface area contributed by atoms with Crippen molar-refractivity contribution in [3.8, 4) is 0 Å². The number of nitrogens with two attached hydrogens (primary N) is 1.